The molecule has 0 aliphatic rings. The van der Waals surface area contributed by atoms with Gasteiger partial charge in [0.25, 0.3) is 0 Å². The first-order valence-electron chi connectivity index (χ1n) is 5.49. The molecule has 0 bridgehead atoms. The number of nitrogens with zero attached hydrogens (tertiary/aromatic N) is 4. The number of nitrogens with two attached hydrogens (primary N) is 1. The molecule has 3 aromatic rings. The fourth-order valence-corrected chi connectivity index (χ4v) is 1.67. The van der Waals surface area contributed by atoms with Crippen LogP contribution < -0.4 is 11.1 Å². The molecule has 3 rings (SSSR count). The number of amides is 1. The first-order valence-corrected chi connectivity index (χ1v) is 5.49. The van der Waals surface area contributed by atoms with Crippen LogP contribution in [0, 0.1) is 0 Å². The van der Waals surface area contributed by atoms with E-state index in [2.05, 4.69) is 20.6 Å². The van der Waals surface area contributed by atoms with E-state index in [1.807, 2.05) is 0 Å². The van der Waals surface area contributed by atoms with Crippen LogP contribution in [-0.4, -0.2) is 25.9 Å². The summed E-state index contributed by atoms with van der Waals surface area (Å²) in [6.45, 7) is 0.0427. The number of carbonyl (C=O) groups excluding carboxylic acids is 1. The van der Waals surface area contributed by atoms with Crippen molar-refractivity contribution >= 4 is 28.5 Å². The summed E-state index contributed by atoms with van der Waals surface area (Å²) >= 11 is 0. The van der Waals surface area contributed by atoms with Crippen molar-refractivity contribution in [2.45, 2.75) is 6.54 Å². The van der Waals surface area contributed by atoms with Crippen LogP contribution in [-0.2, 0) is 11.3 Å². The smallest absolute Gasteiger partial charge is 0.246 e. The number of nitrogens with one attached hydrogen (secondary N) is 1. The maximum atomic E-state index is 11.8. The number of rotatable bonds is 3. The maximum Gasteiger partial charge on any atom is 0.246 e. The molecule has 0 radical (unpaired) electrons. The third-order valence-corrected chi connectivity index (χ3v) is 2.48. The van der Waals surface area contributed by atoms with Crippen LogP contribution in [0.3, 0.4) is 0 Å². The lowest BCUT2D eigenvalue weighted by Gasteiger charge is -2.04. The number of hydrogen-bond donors (Lipinski definition) is 2. The lowest BCUT2D eigenvalue weighted by molar-refractivity contribution is -0.116. The maximum absolute atomic E-state index is 11.8. The van der Waals surface area contributed by atoms with Gasteiger partial charge in [0.1, 0.15) is 12.1 Å². The average Bonchev–Trinajstić information content (AvgIpc) is 2.97. The fourth-order valence-electron chi connectivity index (χ4n) is 1.67. The normalized spacial score (nSPS) is 10.7. The van der Waals surface area contributed by atoms with Gasteiger partial charge in [-0.15, -0.1) is 5.10 Å². The molecule has 0 spiro atoms. The second-order valence-electron chi connectivity index (χ2n) is 3.92. The van der Waals surface area contributed by atoms with E-state index in [0.717, 1.165) is 0 Å². The van der Waals surface area contributed by atoms with Crippen molar-refractivity contribution in [1.82, 2.24) is 20.0 Å². The minimum Gasteiger partial charge on any atom is -0.443 e. The summed E-state index contributed by atoms with van der Waals surface area (Å²) in [5.74, 6) is 0.0459. The summed E-state index contributed by atoms with van der Waals surface area (Å²) in [4.78, 5) is 15.8. The zero-order valence-corrected chi connectivity index (χ0v) is 9.78. The number of aromatic nitrogens is 4. The molecule has 1 amide bonds. The van der Waals surface area contributed by atoms with Crippen LogP contribution in [0.4, 0.5) is 11.5 Å². The predicted molar refractivity (Wildman–Crippen MR) is 67.1 cm³/mol. The van der Waals surface area contributed by atoms with Crippen molar-refractivity contribution in [3.8, 4) is 0 Å². The third-order valence-electron chi connectivity index (χ3n) is 2.48. The van der Waals surface area contributed by atoms with Crippen molar-refractivity contribution in [2.24, 2.45) is 0 Å². The van der Waals surface area contributed by atoms with Gasteiger partial charge in [-0.05, 0) is 18.2 Å². The van der Waals surface area contributed by atoms with Crippen molar-refractivity contribution in [2.75, 3.05) is 11.1 Å². The molecule has 96 valence electrons. The number of hydrogen-bond acceptors (Lipinski definition) is 6. The minimum atomic E-state index is -0.229. The van der Waals surface area contributed by atoms with Gasteiger partial charge >= 0.3 is 0 Å². The zero-order valence-electron chi connectivity index (χ0n) is 9.78. The van der Waals surface area contributed by atoms with Crippen LogP contribution in [0.15, 0.2) is 35.2 Å². The van der Waals surface area contributed by atoms with E-state index >= 15 is 0 Å². The molecule has 0 atom stereocenters. The topological polar surface area (TPSA) is 112 Å². The Balaban J connectivity index is 1.71. The number of nitrogen functional groups attached to an aromatic ring is 1. The van der Waals surface area contributed by atoms with E-state index < -0.39 is 0 Å². The molecular weight excluding hydrogens is 248 g/mol. The van der Waals surface area contributed by atoms with E-state index in [4.69, 9.17) is 10.2 Å². The molecule has 3 N–H and O–H groups in total. The fraction of sp³-hybridized carbons (Fsp3) is 0.0909. The zero-order chi connectivity index (χ0) is 13.2. The van der Waals surface area contributed by atoms with Crippen molar-refractivity contribution < 1.29 is 9.21 Å². The van der Waals surface area contributed by atoms with Crippen molar-refractivity contribution in [1.29, 1.82) is 0 Å². The average molecular weight is 258 g/mol. The Morgan fingerprint density at radius 1 is 1.47 bits per heavy atom. The van der Waals surface area contributed by atoms with Gasteiger partial charge in [0.05, 0.1) is 6.20 Å². The molecule has 0 saturated carbocycles. The minimum absolute atomic E-state index is 0.0427. The van der Waals surface area contributed by atoms with Gasteiger partial charge in [0.2, 0.25) is 5.91 Å². The lowest BCUT2D eigenvalue weighted by atomic mass is 10.3. The molecule has 8 heteroatoms. The quantitative estimate of drug-likeness (QED) is 0.713. The van der Waals surface area contributed by atoms with Gasteiger partial charge in [-0.3, -0.25) is 4.79 Å². The summed E-state index contributed by atoms with van der Waals surface area (Å²) in [6.07, 6.45) is 2.84. The molecule has 0 fully saturated rings. The SMILES string of the molecule is Nc1cn(CC(=O)Nc2ccc3ocnc3c2)nn1. The Morgan fingerprint density at radius 3 is 3.16 bits per heavy atom. The van der Waals surface area contributed by atoms with Gasteiger partial charge in [-0.2, -0.15) is 0 Å². The summed E-state index contributed by atoms with van der Waals surface area (Å²) in [5.41, 5.74) is 7.40. The summed E-state index contributed by atoms with van der Waals surface area (Å²) < 4.78 is 6.48. The Bertz CT molecular complexity index is 731. The van der Waals surface area contributed by atoms with Crippen molar-refractivity contribution in [3.63, 3.8) is 0 Å². The molecule has 0 unspecified atom stereocenters. The highest BCUT2D eigenvalue weighted by molar-refractivity contribution is 5.92. The summed E-state index contributed by atoms with van der Waals surface area (Å²) in [7, 11) is 0. The van der Waals surface area contributed by atoms with E-state index in [0.29, 0.717) is 16.8 Å². The number of oxazole rings is 1. The van der Waals surface area contributed by atoms with Crippen LogP contribution in [0.5, 0.6) is 0 Å². The second kappa shape index (κ2) is 4.41. The molecule has 2 heterocycles. The molecular formula is C11H10N6O2. The van der Waals surface area contributed by atoms with E-state index in [1.165, 1.54) is 17.3 Å². The Hall–Kier alpha value is -2.90. The van der Waals surface area contributed by atoms with Crippen molar-refractivity contribution in [3.05, 3.63) is 30.8 Å². The van der Waals surface area contributed by atoms with Crippen LogP contribution in [0.2, 0.25) is 0 Å². The molecule has 8 nitrogen and oxygen atoms in total. The monoisotopic (exact) mass is 258 g/mol. The molecule has 2 aromatic heterocycles. The highest BCUT2D eigenvalue weighted by atomic mass is 16.3. The molecule has 0 saturated heterocycles. The number of carbonyl (C=O) groups is 1. The summed E-state index contributed by atoms with van der Waals surface area (Å²) in [5, 5.41) is 10.0. The lowest BCUT2D eigenvalue weighted by Crippen LogP contribution is -2.19. The number of fused-ring (bicyclic) bond motifs is 1. The first kappa shape index (κ1) is 11.2. The molecule has 19 heavy (non-hydrogen) atoms. The predicted octanol–water partition coefficient (Wildman–Crippen LogP) is 0.640. The number of benzene rings is 1. The Morgan fingerprint density at radius 2 is 2.37 bits per heavy atom. The summed E-state index contributed by atoms with van der Waals surface area (Å²) in [6, 6.07) is 5.21. The third kappa shape index (κ3) is 2.37. The van der Waals surface area contributed by atoms with Gasteiger partial charge < -0.3 is 15.5 Å². The van der Waals surface area contributed by atoms with E-state index in [-0.39, 0.29) is 18.3 Å². The molecule has 0 aliphatic heterocycles. The van der Waals surface area contributed by atoms with Gasteiger partial charge in [-0.25, -0.2) is 9.67 Å². The molecule has 1 aromatic carbocycles. The highest BCUT2D eigenvalue weighted by Crippen LogP contribution is 2.17. The van der Waals surface area contributed by atoms with E-state index in [9.17, 15) is 4.79 Å². The Kier molecular flexibility index (Phi) is 2.60. The second-order valence-corrected chi connectivity index (χ2v) is 3.92. The van der Waals surface area contributed by atoms with Crippen LogP contribution in [0.1, 0.15) is 0 Å². The van der Waals surface area contributed by atoms with Gasteiger partial charge in [-0.1, -0.05) is 5.21 Å². The Labute approximate surface area is 107 Å². The standard InChI is InChI=1S/C11H10N6O2/c12-10-4-17(16-15-10)5-11(18)14-7-1-2-9-8(3-7)13-6-19-9/h1-4,6H,5,12H2,(H,14,18). The van der Waals surface area contributed by atoms with Crippen LogP contribution in [0.25, 0.3) is 11.1 Å². The highest BCUT2D eigenvalue weighted by Gasteiger charge is 2.07. The largest absolute Gasteiger partial charge is 0.443 e. The first-order chi connectivity index (χ1) is 9.20. The van der Waals surface area contributed by atoms with E-state index in [1.54, 1.807) is 18.2 Å². The molecule has 0 aliphatic carbocycles. The van der Waals surface area contributed by atoms with Gasteiger partial charge in [0, 0.05) is 5.69 Å². The number of anilines is 2. The van der Waals surface area contributed by atoms with Gasteiger partial charge in [0.15, 0.2) is 17.8 Å². The van der Waals surface area contributed by atoms with Crippen LogP contribution >= 0.6 is 0 Å².